The molecule has 0 aliphatic heterocycles. The molecule has 22 heavy (non-hydrogen) atoms. The summed E-state index contributed by atoms with van der Waals surface area (Å²) in [4.78, 5) is 10.7. The van der Waals surface area contributed by atoms with Crippen LogP contribution in [0.25, 0.3) is 0 Å². The SMILES string of the molecule is C=CC(=O)OC1C(F)(F)C2(F)C(F)(F)C(F)(F)C1(F)C2(F)F. The van der Waals surface area contributed by atoms with Gasteiger partial charge in [0.2, 0.25) is 6.10 Å². The standard InChI is InChI=1S/C10H4F10O2/c1-2-3(21)22-4-5(11)8(15,16)7(14,6(4,12)13)10(19,20)9(5,17)18/h2,4H,1H2. The highest BCUT2D eigenvalue weighted by atomic mass is 19.3. The van der Waals surface area contributed by atoms with Crippen LogP contribution in [0.5, 0.6) is 0 Å². The van der Waals surface area contributed by atoms with E-state index >= 15 is 0 Å². The third-order valence-corrected chi connectivity index (χ3v) is 3.72. The van der Waals surface area contributed by atoms with Crippen molar-refractivity contribution in [1.29, 1.82) is 0 Å². The highest BCUT2D eigenvalue weighted by Gasteiger charge is 3.13. The summed E-state index contributed by atoms with van der Waals surface area (Å²) < 4.78 is 138. The van der Waals surface area contributed by atoms with Crippen molar-refractivity contribution in [1.82, 2.24) is 0 Å². The molecule has 2 aliphatic carbocycles. The van der Waals surface area contributed by atoms with Gasteiger partial charge in [0.05, 0.1) is 0 Å². The monoisotopic (exact) mass is 346 g/mol. The number of alkyl halides is 10. The molecule has 2 fully saturated rings. The van der Waals surface area contributed by atoms with Crippen LogP contribution in [0.4, 0.5) is 43.9 Å². The van der Waals surface area contributed by atoms with Crippen LogP contribution >= 0.6 is 0 Å². The average molecular weight is 346 g/mol. The molecule has 126 valence electrons. The Hall–Kier alpha value is -1.49. The summed E-state index contributed by atoms with van der Waals surface area (Å²) in [5.41, 5.74) is -12.7. The Morgan fingerprint density at radius 1 is 0.864 bits per heavy atom. The van der Waals surface area contributed by atoms with E-state index in [0.29, 0.717) is 0 Å². The Bertz CT molecular complexity index is 558. The van der Waals surface area contributed by atoms with E-state index in [1.807, 2.05) is 0 Å². The lowest BCUT2D eigenvalue weighted by molar-refractivity contribution is -0.361. The van der Waals surface area contributed by atoms with Crippen molar-refractivity contribution in [2.45, 2.75) is 41.1 Å². The van der Waals surface area contributed by atoms with Crippen molar-refractivity contribution >= 4 is 5.97 Å². The maximum absolute atomic E-state index is 14.0. The third kappa shape index (κ3) is 1.14. The largest absolute Gasteiger partial charge is 0.449 e. The van der Waals surface area contributed by atoms with Gasteiger partial charge in [-0.05, 0) is 0 Å². The molecule has 0 N–H and O–H groups in total. The topological polar surface area (TPSA) is 26.3 Å². The van der Waals surface area contributed by atoms with Gasteiger partial charge >= 0.3 is 35.3 Å². The Morgan fingerprint density at radius 2 is 1.32 bits per heavy atom. The zero-order valence-corrected chi connectivity index (χ0v) is 9.96. The summed E-state index contributed by atoms with van der Waals surface area (Å²) in [6, 6.07) is 0. The summed E-state index contributed by atoms with van der Waals surface area (Å²) in [6.45, 7) is 2.60. The molecule has 2 bridgehead atoms. The van der Waals surface area contributed by atoms with Crippen LogP contribution in [0, 0.1) is 0 Å². The van der Waals surface area contributed by atoms with Crippen LogP contribution in [0.3, 0.4) is 0 Å². The van der Waals surface area contributed by atoms with E-state index in [4.69, 9.17) is 0 Å². The number of halogens is 10. The van der Waals surface area contributed by atoms with Crippen molar-refractivity contribution in [3.8, 4) is 0 Å². The maximum atomic E-state index is 14.0. The van der Waals surface area contributed by atoms with Gasteiger partial charge in [-0.15, -0.1) is 0 Å². The van der Waals surface area contributed by atoms with Crippen LogP contribution in [-0.2, 0) is 9.53 Å². The maximum Gasteiger partial charge on any atom is 0.359 e. The minimum Gasteiger partial charge on any atom is -0.449 e. The summed E-state index contributed by atoms with van der Waals surface area (Å²) in [6.07, 6.45) is -4.48. The molecule has 3 unspecified atom stereocenters. The molecule has 0 radical (unpaired) electrons. The van der Waals surface area contributed by atoms with E-state index in [0.717, 1.165) is 0 Å². The van der Waals surface area contributed by atoms with Gasteiger partial charge in [0, 0.05) is 6.08 Å². The molecule has 12 heteroatoms. The van der Waals surface area contributed by atoms with Crippen LogP contribution < -0.4 is 0 Å². The minimum absolute atomic E-state index is 0.00916. The molecule has 3 atom stereocenters. The van der Waals surface area contributed by atoms with Crippen LogP contribution in [0.1, 0.15) is 0 Å². The van der Waals surface area contributed by atoms with Gasteiger partial charge in [-0.25, -0.2) is 13.6 Å². The lowest BCUT2D eigenvalue weighted by Crippen LogP contribution is -2.72. The number of rotatable bonds is 2. The second-order valence-electron chi connectivity index (χ2n) is 4.74. The molecule has 2 aliphatic rings. The molecule has 2 nitrogen and oxygen atoms in total. The van der Waals surface area contributed by atoms with Gasteiger partial charge in [0.25, 0.3) is 5.67 Å². The highest BCUT2D eigenvalue weighted by molar-refractivity contribution is 5.81. The van der Waals surface area contributed by atoms with Crippen LogP contribution in [0.15, 0.2) is 12.7 Å². The average Bonchev–Trinajstić information content (AvgIpc) is 2.51. The van der Waals surface area contributed by atoms with E-state index in [1.165, 1.54) is 0 Å². The molecule has 0 aromatic heterocycles. The van der Waals surface area contributed by atoms with Crippen molar-refractivity contribution in [3.05, 3.63) is 12.7 Å². The predicted octanol–water partition coefficient (Wildman–Crippen LogP) is 3.07. The van der Waals surface area contributed by atoms with E-state index in [2.05, 4.69) is 11.3 Å². The Balaban J connectivity index is 2.80. The van der Waals surface area contributed by atoms with Gasteiger partial charge in [-0.1, -0.05) is 6.58 Å². The Morgan fingerprint density at radius 3 is 1.68 bits per heavy atom. The molecule has 0 heterocycles. The van der Waals surface area contributed by atoms with E-state index in [9.17, 15) is 48.7 Å². The summed E-state index contributed by atoms with van der Waals surface area (Å²) in [5, 5.41) is 0. The smallest absolute Gasteiger partial charge is 0.359 e. The molecule has 2 rings (SSSR count). The third-order valence-electron chi connectivity index (χ3n) is 3.72. The first-order valence-electron chi connectivity index (χ1n) is 5.31. The van der Waals surface area contributed by atoms with Gasteiger partial charge < -0.3 is 4.74 Å². The fourth-order valence-electron chi connectivity index (χ4n) is 2.59. The summed E-state index contributed by atoms with van der Waals surface area (Å²) >= 11 is 0. The van der Waals surface area contributed by atoms with Crippen LogP contribution in [-0.4, -0.2) is 47.1 Å². The first kappa shape index (κ1) is 16.9. The fourth-order valence-corrected chi connectivity index (χ4v) is 2.59. The van der Waals surface area contributed by atoms with E-state index < -0.39 is 47.1 Å². The predicted molar refractivity (Wildman–Crippen MR) is 47.5 cm³/mol. The molecular formula is C10H4F10O2. The van der Waals surface area contributed by atoms with E-state index in [1.54, 1.807) is 0 Å². The quantitative estimate of drug-likeness (QED) is 0.436. The van der Waals surface area contributed by atoms with Gasteiger partial charge in [-0.2, -0.15) is 35.1 Å². The molecule has 2 saturated carbocycles. The summed E-state index contributed by atoms with van der Waals surface area (Å²) in [7, 11) is 0. The first-order valence-corrected chi connectivity index (χ1v) is 5.31. The zero-order chi connectivity index (χ0) is 17.6. The molecule has 0 aromatic rings. The van der Waals surface area contributed by atoms with Crippen LogP contribution in [0.2, 0.25) is 0 Å². The normalized spacial score (nSPS) is 42.9. The number of esters is 1. The number of carbonyl (C=O) groups excluding carboxylic acids is 1. The van der Waals surface area contributed by atoms with E-state index in [-0.39, 0.29) is 6.08 Å². The van der Waals surface area contributed by atoms with Crippen molar-refractivity contribution in [3.63, 3.8) is 0 Å². The van der Waals surface area contributed by atoms with Crippen molar-refractivity contribution in [2.24, 2.45) is 0 Å². The number of fused-ring (bicyclic) bond motifs is 2. The number of hydrogen-bond donors (Lipinski definition) is 0. The second kappa shape index (κ2) is 3.70. The first-order chi connectivity index (χ1) is 9.59. The molecule has 0 saturated heterocycles. The highest BCUT2D eigenvalue weighted by Crippen LogP contribution is 2.79. The van der Waals surface area contributed by atoms with Crippen molar-refractivity contribution < 1.29 is 53.4 Å². The van der Waals surface area contributed by atoms with Gasteiger partial charge in [0.15, 0.2) is 0 Å². The van der Waals surface area contributed by atoms with Gasteiger partial charge in [0.1, 0.15) is 0 Å². The number of carbonyl (C=O) groups is 1. The fraction of sp³-hybridized carbons (Fsp3) is 0.700. The minimum atomic E-state index is -6.75. The lowest BCUT2D eigenvalue weighted by atomic mass is 9.84. The number of hydrogen-bond acceptors (Lipinski definition) is 2. The second-order valence-corrected chi connectivity index (χ2v) is 4.74. The lowest BCUT2D eigenvalue weighted by Gasteiger charge is -2.41. The summed E-state index contributed by atoms with van der Waals surface area (Å²) in [5.74, 6) is -28.1. The van der Waals surface area contributed by atoms with Gasteiger partial charge in [-0.3, -0.25) is 0 Å². The molecular weight excluding hydrogens is 342 g/mol. The number of ether oxygens (including phenoxy) is 1. The Labute approximate surface area is 114 Å². The molecule has 0 aromatic carbocycles. The molecule has 0 spiro atoms. The van der Waals surface area contributed by atoms with Crippen molar-refractivity contribution in [2.75, 3.05) is 0 Å². The zero-order valence-electron chi connectivity index (χ0n) is 9.96. The Kier molecular flexibility index (Phi) is 2.84. The molecule has 0 amide bonds.